The SMILES string of the molecule is C=CC(C)(CCC=C(C)C)OCC.C=CC(C)(O)CCCC(C)C.C=CC(C)CCCC(C)(C)O. The first kappa shape index (κ1) is 38.4. The molecule has 2 N–H and O–H groups in total. The van der Waals surface area contributed by atoms with Gasteiger partial charge in [0.2, 0.25) is 0 Å². The molecule has 0 heterocycles. The lowest BCUT2D eigenvalue weighted by molar-refractivity contribution is 0.00841. The summed E-state index contributed by atoms with van der Waals surface area (Å²) in [5.41, 5.74) is 0.0548. The molecule has 208 valence electrons. The van der Waals surface area contributed by atoms with Crippen LogP contribution in [0.25, 0.3) is 0 Å². The molecule has 0 rings (SSSR count). The second-order valence-corrected chi connectivity index (χ2v) is 11.5. The zero-order valence-corrected chi connectivity index (χ0v) is 25.3. The van der Waals surface area contributed by atoms with Crippen LogP contribution in [0.2, 0.25) is 0 Å². The van der Waals surface area contributed by atoms with Gasteiger partial charge in [-0.2, -0.15) is 0 Å². The Bertz CT molecular complexity index is 562. The van der Waals surface area contributed by atoms with Gasteiger partial charge in [-0.05, 0) is 92.4 Å². The van der Waals surface area contributed by atoms with E-state index in [0.717, 1.165) is 57.5 Å². The first-order chi connectivity index (χ1) is 16.0. The fourth-order valence-electron chi connectivity index (χ4n) is 3.16. The summed E-state index contributed by atoms with van der Waals surface area (Å²) in [7, 11) is 0. The Morgan fingerprint density at radius 3 is 1.77 bits per heavy atom. The smallest absolute Gasteiger partial charge is 0.0834 e. The van der Waals surface area contributed by atoms with Gasteiger partial charge >= 0.3 is 0 Å². The number of ether oxygens (including phenoxy) is 1. The molecule has 0 saturated heterocycles. The van der Waals surface area contributed by atoms with Crippen LogP contribution in [-0.2, 0) is 4.74 Å². The van der Waals surface area contributed by atoms with Crippen molar-refractivity contribution < 1.29 is 14.9 Å². The van der Waals surface area contributed by atoms with E-state index < -0.39 is 11.2 Å². The summed E-state index contributed by atoms with van der Waals surface area (Å²) >= 11 is 0. The molecule has 3 nitrogen and oxygen atoms in total. The highest BCUT2D eigenvalue weighted by molar-refractivity contribution is 4.99. The van der Waals surface area contributed by atoms with Crippen molar-refractivity contribution in [1.29, 1.82) is 0 Å². The molecule has 35 heavy (non-hydrogen) atoms. The lowest BCUT2D eigenvalue weighted by Gasteiger charge is -2.25. The van der Waals surface area contributed by atoms with Crippen molar-refractivity contribution in [2.24, 2.45) is 11.8 Å². The summed E-state index contributed by atoms with van der Waals surface area (Å²) in [6, 6.07) is 0. The largest absolute Gasteiger partial charge is 0.390 e. The molecular weight excluding hydrogens is 432 g/mol. The summed E-state index contributed by atoms with van der Waals surface area (Å²) < 4.78 is 5.61. The molecule has 0 aromatic heterocycles. The van der Waals surface area contributed by atoms with Crippen molar-refractivity contribution in [3.63, 3.8) is 0 Å². The average Bonchev–Trinajstić information content (AvgIpc) is 2.73. The van der Waals surface area contributed by atoms with Gasteiger partial charge in [-0.1, -0.05) is 69.9 Å². The van der Waals surface area contributed by atoms with E-state index >= 15 is 0 Å². The third-order valence-electron chi connectivity index (χ3n) is 5.85. The third-order valence-corrected chi connectivity index (χ3v) is 5.85. The van der Waals surface area contributed by atoms with Gasteiger partial charge in [-0.15, -0.1) is 19.7 Å². The highest BCUT2D eigenvalue weighted by Crippen LogP contribution is 2.20. The Kier molecular flexibility index (Phi) is 23.0. The Morgan fingerprint density at radius 1 is 0.857 bits per heavy atom. The van der Waals surface area contributed by atoms with Gasteiger partial charge in [0.05, 0.1) is 16.8 Å². The topological polar surface area (TPSA) is 49.7 Å². The first-order valence-corrected chi connectivity index (χ1v) is 13.6. The van der Waals surface area contributed by atoms with Gasteiger partial charge in [-0.3, -0.25) is 0 Å². The van der Waals surface area contributed by atoms with E-state index in [0.29, 0.717) is 5.92 Å². The van der Waals surface area contributed by atoms with Gasteiger partial charge in [-0.25, -0.2) is 0 Å². The minimum Gasteiger partial charge on any atom is -0.390 e. The molecule has 3 heteroatoms. The molecule has 0 saturated carbocycles. The Hall–Kier alpha value is -1.16. The van der Waals surface area contributed by atoms with Gasteiger partial charge < -0.3 is 14.9 Å². The van der Waals surface area contributed by atoms with Crippen molar-refractivity contribution in [3.8, 4) is 0 Å². The molecule has 0 spiro atoms. The molecule has 0 aliphatic heterocycles. The summed E-state index contributed by atoms with van der Waals surface area (Å²) in [6.07, 6.45) is 16.0. The lowest BCUT2D eigenvalue weighted by atomic mass is 9.96. The van der Waals surface area contributed by atoms with Crippen LogP contribution in [0.3, 0.4) is 0 Å². The predicted octanol–water partition coefficient (Wildman–Crippen LogP) is 9.21. The van der Waals surface area contributed by atoms with E-state index in [1.807, 2.05) is 32.9 Å². The first-order valence-electron chi connectivity index (χ1n) is 13.6. The number of aliphatic hydroxyl groups is 2. The zero-order valence-electron chi connectivity index (χ0n) is 25.3. The van der Waals surface area contributed by atoms with Crippen molar-refractivity contribution >= 4 is 0 Å². The highest BCUT2D eigenvalue weighted by Gasteiger charge is 2.18. The minimum absolute atomic E-state index is 0.152. The third kappa shape index (κ3) is 30.8. The van der Waals surface area contributed by atoms with Crippen molar-refractivity contribution in [2.75, 3.05) is 6.61 Å². The number of allylic oxidation sites excluding steroid dienone is 3. The van der Waals surface area contributed by atoms with E-state index in [9.17, 15) is 10.2 Å². The van der Waals surface area contributed by atoms with E-state index in [-0.39, 0.29) is 5.60 Å². The standard InChI is InChI=1S/C12H22O.2C10H20O/c1-6-12(5,13-7-2)10-8-9-11(3)4;1-5-9(2)7-6-8-10(3,4)11;1-5-10(4,11)8-6-7-9(2)3/h6,9H,1,7-8,10H2,2-5H3;2*5,9,11H,1,6-8H2,2-4H3. The number of rotatable bonds is 16. The molecule has 0 bridgehead atoms. The van der Waals surface area contributed by atoms with Crippen molar-refractivity contribution in [3.05, 3.63) is 49.6 Å². The van der Waals surface area contributed by atoms with Crippen LogP contribution in [0.1, 0.15) is 121 Å². The van der Waals surface area contributed by atoms with E-state index in [4.69, 9.17) is 4.74 Å². The molecule has 0 aliphatic rings. The molecule has 0 fully saturated rings. The monoisotopic (exact) mass is 494 g/mol. The fourth-order valence-corrected chi connectivity index (χ4v) is 3.16. The summed E-state index contributed by atoms with van der Waals surface area (Å²) in [5, 5.41) is 18.9. The van der Waals surface area contributed by atoms with Crippen LogP contribution in [0.15, 0.2) is 49.6 Å². The van der Waals surface area contributed by atoms with Gasteiger partial charge in [0, 0.05) is 6.61 Å². The second-order valence-electron chi connectivity index (χ2n) is 11.5. The summed E-state index contributed by atoms with van der Waals surface area (Å²) in [5.74, 6) is 1.31. The average molecular weight is 495 g/mol. The zero-order chi connectivity index (χ0) is 28.1. The molecule has 0 aromatic carbocycles. The van der Waals surface area contributed by atoms with Gasteiger partial charge in [0.25, 0.3) is 0 Å². The van der Waals surface area contributed by atoms with Crippen molar-refractivity contribution in [1.82, 2.24) is 0 Å². The predicted molar refractivity (Wildman–Crippen MR) is 158 cm³/mol. The molecule has 0 radical (unpaired) electrons. The van der Waals surface area contributed by atoms with Gasteiger partial charge in [0.15, 0.2) is 0 Å². The molecule has 0 amide bonds. The van der Waals surface area contributed by atoms with Crippen LogP contribution in [0.5, 0.6) is 0 Å². The molecule has 0 aromatic rings. The Labute approximate surface area is 220 Å². The normalized spacial score (nSPS) is 15.2. The fraction of sp³-hybridized carbons (Fsp3) is 0.750. The van der Waals surface area contributed by atoms with Crippen LogP contribution in [-0.4, -0.2) is 33.6 Å². The number of hydrogen-bond acceptors (Lipinski definition) is 3. The highest BCUT2D eigenvalue weighted by atomic mass is 16.5. The van der Waals surface area contributed by atoms with E-state index in [2.05, 4.69) is 67.4 Å². The maximum atomic E-state index is 9.52. The van der Waals surface area contributed by atoms with Crippen molar-refractivity contribution in [2.45, 2.75) is 137 Å². The molecule has 3 atom stereocenters. The Balaban J connectivity index is -0.000000441. The lowest BCUT2D eigenvalue weighted by Crippen LogP contribution is -2.25. The van der Waals surface area contributed by atoms with Crippen LogP contribution >= 0.6 is 0 Å². The molecular formula is C32H62O3. The van der Waals surface area contributed by atoms with Gasteiger partial charge in [0.1, 0.15) is 0 Å². The van der Waals surface area contributed by atoms with E-state index in [1.165, 1.54) is 12.0 Å². The Morgan fingerprint density at radius 2 is 1.40 bits per heavy atom. The summed E-state index contributed by atoms with van der Waals surface area (Å²) in [4.78, 5) is 0. The summed E-state index contributed by atoms with van der Waals surface area (Å²) in [6.45, 7) is 32.2. The molecule has 3 unspecified atom stereocenters. The second kappa shape index (κ2) is 21.0. The molecule has 0 aliphatic carbocycles. The van der Waals surface area contributed by atoms with Crippen LogP contribution in [0.4, 0.5) is 0 Å². The maximum Gasteiger partial charge on any atom is 0.0834 e. The van der Waals surface area contributed by atoms with Crippen LogP contribution in [0, 0.1) is 11.8 Å². The van der Waals surface area contributed by atoms with E-state index in [1.54, 1.807) is 13.0 Å². The quantitative estimate of drug-likeness (QED) is 0.210. The van der Waals surface area contributed by atoms with Crippen LogP contribution < -0.4 is 0 Å². The number of hydrogen-bond donors (Lipinski definition) is 2. The maximum absolute atomic E-state index is 9.52. The minimum atomic E-state index is -0.658.